The molecule has 22 heavy (non-hydrogen) atoms. The lowest BCUT2D eigenvalue weighted by Crippen LogP contribution is -2.25. The van der Waals surface area contributed by atoms with Crippen molar-refractivity contribution in [2.45, 2.75) is 32.4 Å². The zero-order chi connectivity index (χ0) is 14.9. The molecular formula is C17H20N4S. The van der Waals surface area contributed by atoms with Gasteiger partial charge in [0, 0.05) is 11.1 Å². The van der Waals surface area contributed by atoms with Gasteiger partial charge in [0.25, 0.3) is 0 Å². The molecule has 0 spiro atoms. The van der Waals surface area contributed by atoms with Crippen LogP contribution in [0.4, 0.5) is 0 Å². The number of aromatic nitrogens is 3. The minimum absolute atomic E-state index is 0.430. The quantitative estimate of drug-likeness (QED) is 0.736. The van der Waals surface area contributed by atoms with Crippen LogP contribution in [0.25, 0.3) is 11.2 Å². The summed E-state index contributed by atoms with van der Waals surface area (Å²) in [5.74, 6) is 1.18. The Morgan fingerprint density at radius 3 is 3.09 bits per heavy atom. The first-order chi connectivity index (χ1) is 10.9. The normalized spacial score (nSPS) is 19.2. The average Bonchev–Trinajstić information content (AvgIpc) is 3.27. The maximum absolute atomic E-state index is 4.94. The first-order valence-electron chi connectivity index (χ1n) is 7.94. The van der Waals surface area contributed by atoms with E-state index in [4.69, 9.17) is 4.98 Å². The maximum atomic E-state index is 4.94. The molecule has 0 saturated carbocycles. The highest BCUT2D eigenvalue weighted by Gasteiger charge is 2.29. The van der Waals surface area contributed by atoms with E-state index in [-0.39, 0.29) is 0 Å². The molecule has 4 heterocycles. The fraction of sp³-hybridized carbons (Fsp3) is 0.412. The van der Waals surface area contributed by atoms with E-state index in [0.29, 0.717) is 6.04 Å². The molecule has 0 amide bonds. The van der Waals surface area contributed by atoms with Crippen LogP contribution in [0.3, 0.4) is 0 Å². The van der Waals surface area contributed by atoms with E-state index >= 15 is 0 Å². The topological polar surface area (TPSA) is 34.0 Å². The van der Waals surface area contributed by atoms with Crippen molar-refractivity contribution in [1.29, 1.82) is 0 Å². The van der Waals surface area contributed by atoms with Crippen molar-refractivity contribution in [2.24, 2.45) is 0 Å². The Morgan fingerprint density at radius 1 is 1.32 bits per heavy atom. The molecule has 1 aliphatic rings. The van der Waals surface area contributed by atoms with Gasteiger partial charge < -0.3 is 4.57 Å². The molecule has 3 aromatic rings. The summed E-state index contributed by atoms with van der Waals surface area (Å²) >= 11 is 1.80. The van der Waals surface area contributed by atoms with Crippen LogP contribution in [-0.4, -0.2) is 32.5 Å². The van der Waals surface area contributed by atoms with Crippen molar-refractivity contribution in [1.82, 2.24) is 19.4 Å². The Balaban J connectivity index is 1.82. The molecule has 1 aliphatic heterocycles. The third-order valence-corrected chi connectivity index (χ3v) is 5.36. The standard InChI is InChI=1S/C17H20N4S/c1-2-20-10-4-8-15(20)17-19-14-7-3-9-18-16(14)21(17)12-13-6-5-11-22-13/h3,5-7,9,11,15H,2,4,8,10,12H2,1H3. The fourth-order valence-electron chi connectivity index (χ4n) is 3.44. The van der Waals surface area contributed by atoms with Gasteiger partial charge in [-0.1, -0.05) is 13.0 Å². The van der Waals surface area contributed by atoms with Crippen LogP contribution in [0, 0.1) is 0 Å². The highest BCUT2D eigenvalue weighted by Crippen LogP contribution is 2.33. The van der Waals surface area contributed by atoms with E-state index in [9.17, 15) is 0 Å². The number of pyridine rings is 1. The number of hydrogen-bond donors (Lipinski definition) is 0. The molecule has 0 N–H and O–H groups in total. The number of thiophene rings is 1. The number of imidazole rings is 1. The second-order valence-corrected chi connectivity index (χ2v) is 6.80. The third kappa shape index (κ3) is 2.34. The van der Waals surface area contributed by atoms with Gasteiger partial charge >= 0.3 is 0 Å². The molecule has 5 heteroatoms. The maximum Gasteiger partial charge on any atom is 0.160 e. The van der Waals surface area contributed by atoms with E-state index in [0.717, 1.165) is 24.3 Å². The molecule has 0 bridgehead atoms. The minimum Gasteiger partial charge on any atom is -0.306 e. The predicted molar refractivity (Wildman–Crippen MR) is 90.2 cm³/mol. The molecule has 0 radical (unpaired) electrons. The molecule has 1 unspecified atom stereocenters. The van der Waals surface area contributed by atoms with Gasteiger partial charge in [-0.3, -0.25) is 4.90 Å². The van der Waals surface area contributed by atoms with Crippen LogP contribution >= 0.6 is 11.3 Å². The van der Waals surface area contributed by atoms with E-state index in [1.807, 2.05) is 12.3 Å². The Bertz CT molecular complexity index is 762. The van der Waals surface area contributed by atoms with Gasteiger partial charge in [0.05, 0.1) is 12.6 Å². The average molecular weight is 312 g/mol. The molecular weight excluding hydrogens is 292 g/mol. The molecule has 4 nitrogen and oxygen atoms in total. The molecule has 1 saturated heterocycles. The highest BCUT2D eigenvalue weighted by molar-refractivity contribution is 7.09. The first kappa shape index (κ1) is 13.9. The van der Waals surface area contributed by atoms with Crippen molar-refractivity contribution in [3.8, 4) is 0 Å². The monoisotopic (exact) mass is 312 g/mol. The minimum atomic E-state index is 0.430. The molecule has 0 aromatic carbocycles. The number of fused-ring (bicyclic) bond motifs is 1. The van der Waals surface area contributed by atoms with Crippen molar-refractivity contribution in [2.75, 3.05) is 13.1 Å². The Kier molecular flexibility index (Phi) is 3.68. The second kappa shape index (κ2) is 5.82. The van der Waals surface area contributed by atoms with Crippen molar-refractivity contribution in [3.05, 3.63) is 46.5 Å². The molecule has 1 fully saturated rings. The molecule has 114 valence electrons. The summed E-state index contributed by atoms with van der Waals surface area (Å²) in [6, 6.07) is 8.78. The van der Waals surface area contributed by atoms with E-state index in [2.05, 4.69) is 45.0 Å². The van der Waals surface area contributed by atoms with Crippen molar-refractivity contribution < 1.29 is 0 Å². The Labute approximate surface area is 134 Å². The largest absolute Gasteiger partial charge is 0.306 e. The van der Waals surface area contributed by atoms with Gasteiger partial charge in [0.2, 0.25) is 0 Å². The number of rotatable bonds is 4. The lowest BCUT2D eigenvalue weighted by molar-refractivity contribution is 0.258. The summed E-state index contributed by atoms with van der Waals surface area (Å²) in [6.45, 7) is 5.37. The molecule has 3 aromatic heterocycles. The number of likely N-dealkylation sites (tertiary alicyclic amines) is 1. The molecule has 0 aliphatic carbocycles. The predicted octanol–water partition coefficient (Wildman–Crippen LogP) is 3.70. The van der Waals surface area contributed by atoms with E-state index in [1.54, 1.807) is 11.3 Å². The third-order valence-electron chi connectivity index (χ3n) is 4.50. The zero-order valence-electron chi connectivity index (χ0n) is 12.8. The van der Waals surface area contributed by atoms with E-state index in [1.165, 1.54) is 30.1 Å². The molecule has 1 atom stereocenters. The lowest BCUT2D eigenvalue weighted by atomic mass is 10.2. The number of hydrogen-bond acceptors (Lipinski definition) is 4. The zero-order valence-corrected chi connectivity index (χ0v) is 13.6. The summed E-state index contributed by atoms with van der Waals surface area (Å²) < 4.78 is 2.32. The van der Waals surface area contributed by atoms with Gasteiger partial charge in [0.15, 0.2) is 5.65 Å². The van der Waals surface area contributed by atoms with E-state index < -0.39 is 0 Å². The summed E-state index contributed by atoms with van der Waals surface area (Å²) in [5.41, 5.74) is 2.02. The summed E-state index contributed by atoms with van der Waals surface area (Å²) in [4.78, 5) is 13.4. The van der Waals surface area contributed by atoms with Crippen LogP contribution in [-0.2, 0) is 6.54 Å². The van der Waals surface area contributed by atoms with Crippen LogP contribution in [0.5, 0.6) is 0 Å². The van der Waals surface area contributed by atoms with Gasteiger partial charge in [-0.05, 0) is 49.5 Å². The second-order valence-electron chi connectivity index (χ2n) is 5.77. The summed E-state index contributed by atoms with van der Waals surface area (Å²) in [7, 11) is 0. The van der Waals surface area contributed by atoms with Crippen LogP contribution in [0.1, 0.15) is 36.5 Å². The molecule has 4 rings (SSSR count). The summed E-state index contributed by atoms with van der Waals surface area (Å²) in [5, 5.41) is 2.13. The van der Waals surface area contributed by atoms with Gasteiger partial charge in [-0.2, -0.15) is 0 Å². The van der Waals surface area contributed by atoms with Gasteiger partial charge in [-0.15, -0.1) is 11.3 Å². The van der Waals surface area contributed by atoms with Crippen molar-refractivity contribution in [3.63, 3.8) is 0 Å². The highest BCUT2D eigenvalue weighted by atomic mass is 32.1. The van der Waals surface area contributed by atoms with Crippen LogP contribution in [0.15, 0.2) is 35.8 Å². The van der Waals surface area contributed by atoms with Crippen molar-refractivity contribution >= 4 is 22.5 Å². The lowest BCUT2D eigenvalue weighted by Gasteiger charge is -2.23. The SMILES string of the molecule is CCN1CCCC1c1nc2cccnc2n1Cc1cccs1. The Morgan fingerprint density at radius 2 is 2.27 bits per heavy atom. The summed E-state index contributed by atoms with van der Waals surface area (Å²) in [6.07, 6.45) is 4.32. The number of nitrogens with zero attached hydrogens (tertiary/aromatic N) is 4. The van der Waals surface area contributed by atoms with Crippen LogP contribution < -0.4 is 0 Å². The van der Waals surface area contributed by atoms with Gasteiger partial charge in [-0.25, -0.2) is 9.97 Å². The van der Waals surface area contributed by atoms with Crippen LogP contribution in [0.2, 0.25) is 0 Å². The smallest absolute Gasteiger partial charge is 0.160 e. The van der Waals surface area contributed by atoms with Gasteiger partial charge in [0.1, 0.15) is 11.3 Å². The first-order valence-corrected chi connectivity index (χ1v) is 8.82. The fourth-order valence-corrected chi connectivity index (χ4v) is 4.13. The Hall–Kier alpha value is -1.72.